The molecule has 0 saturated carbocycles. The number of benzene rings is 3. The molecule has 0 saturated heterocycles. The standard InChI is InChI=1S/C34H35NO8.C12H18O3.C2H6/c1-3-32(36)41-23-7-5-21-39-29-15-9-26(10-16-29)25-35-28-13-19-31(20-14-28)43-34(38)27-11-17-30(18-12-27)40-22-6-8-24-42-33(37)4-2;1-4-8-11(3)14-9-6-7-10-15-12(13)5-2;1-2/h3-4,9-20,25H,1-2,5-8,21-24H2;4-5,8H,1-2,6-7,9-10H2,3H3;1-2H3/b;11-8+;. The highest BCUT2D eigenvalue weighted by molar-refractivity contribution is 5.91. The largest absolute Gasteiger partial charge is 0.498 e. The Morgan fingerprint density at radius 2 is 0.933 bits per heavy atom. The van der Waals surface area contributed by atoms with E-state index >= 15 is 0 Å². The average Bonchev–Trinajstić information content (AvgIpc) is 3.28. The minimum Gasteiger partial charge on any atom is -0.498 e. The van der Waals surface area contributed by atoms with Gasteiger partial charge in [-0.25, -0.2) is 19.2 Å². The van der Waals surface area contributed by atoms with Gasteiger partial charge in [0.25, 0.3) is 0 Å². The normalized spacial score (nSPS) is 10.3. The zero-order valence-corrected chi connectivity index (χ0v) is 35.1. The first kappa shape index (κ1) is 51.3. The van der Waals surface area contributed by atoms with E-state index in [-0.39, 0.29) is 5.97 Å². The predicted octanol–water partition coefficient (Wildman–Crippen LogP) is 10.1. The molecule has 3 aromatic rings. The van der Waals surface area contributed by atoms with Crippen molar-refractivity contribution in [3.63, 3.8) is 0 Å². The van der Waals surface area contributed by atoms with Crippen molar-refractivity contribution in [3.8, 4) is 17.2 Å². The van der Waals surface area contributed by atoms with Gasteiger partial charge in [-0.2, -0.15) is 0 Å². The number of carbonyl (C=O) groups is 4. The summed E-state index contributed by atoms with van der Waals surface area (Å²) in [6.07, 6.45) is 13.2. The third-order valence-electron chi connectivity index (χ3n) is 7.45. The molecular formula is C48H59NO11. The second-order valence-electron chi connectivity index (χ2n) is 12.0. The summed E-state index contributed by atoms with van der Waals surface area (Å²) in [5.41, 5.74) is 2.01. The van der Waals surface area contributed by atoms with Crippen LogP contribution in [0.1, 0.15) is 75.2 Å². The van der Waals surface area contributed by atoms with Crippen molar-refractivity contribution < 1.29 is 52.3 Å². The lowest BCUT2D eigenvalue weighted by Gasteiger charge is -2.08. The van der Waals surface area contributed by atoms with Gasteiger partial charge >= 0.3 is 23.9 Å². The molecule has 0 fully saturated rings. The van der Waals surface area contributed by atoms with E-state index in [1.165, 1.54) is 0 Å². The molecule has 60 heavy (non-hydrogen) atoms. The third kappa shape index (κ3) is 24.8. The number of unbranched alkanes of at least 4 members (excludes halogenated alkanes) is 3. The molecule has 0 radical (unpaired) electrons. The van der Waals surface area contributed by atoms with Crippen LogP contribution >= 0.6 is 0 Å². The number of allylic oxidation sites excluding steroid dienone is 3. The van der Waals surface area contributed by atoms with E-state index in [1.54, 1.807) is 66.9 Å². The molecule has 0 atom stereocenters. The molecule has 0 aliphatic rings. The molecule has 322 valence electrons. The van der Waals surface area contributed by atoms with Crippen molar-refractivity contribution in [2.75, 3.05) is 39.6 Å². The number of rotatable bonds is 26. The molecule has 0 unspecified atom stereocenters. The summed E-state index contributed by atoms with van der Waals surface area (Å²) in [5, 5.41) is 0. The van der Waals surface area contributed by atoms with E-state index in [0.717, 1.165) is 61.0 Å². The first-order chi connectivity index (χ1) is 29.2. The number of hydrogen-bond donors (Lipinski definition) is 0. The maximum absolute atomic E-state index is 12.5. The molecule has 0 N–H and O–H groups in total. The van der Waals surface area contributed by atoms with Crippen molar-refractivity contribution in [3.05, 3.63) is 146 Å². The van der Waals surface area contributed by atoms with Gasteiger partial charge in [-0.3, -0.25) is 4.99 Å². The fourth-order valence-corrected chi connectivity index (χ4v) is 4.39. The number of esters is 4. The zero-order chi connectivity index (χ0) is 44.2. The summed E-state index contributed by atoms with van der Waals surface area (Å²) in [6.45, 7) is 22.1. The van der Waals surface area contributed by atoms with Crippen LogP contribution in [0.2, 0.25) is 0 Å². The summed E-state index contributed by atoms with van der Waals surface area (Å²) in [4.78, 5) is 49.6. The molecule has 0 bridgehead atoms. The fraction of sp³-hybridized carbons (Fsp3) is 0.312. The van der Waals surface area contributed by atoms with E-state index in [9.17, 15) is 19.2 Å². The molecule has 0 heterocycles. The van der Waals surface area contributed by atoms with Gasteiger partial charge in [-0.1, -0.05) is 46.2 Å². The molecule has 0 aliphatic heterocycles. The molecular weight excluding hydrogens is 767 g/mol. The lowest BCUT2D eigenvalue weighted by molar-refractivity contribution is -0.138. The maximum Gasteiger partial charge on any atom is 0.343 e. The molecule has 12 heteroatoms. The fourth-order valence-electron chi connectivity index (χ4n) is 4.39. The Kier molecular flexibility index (Phi) is 28.5. The summed E-state index contributed by atoms with van der Waals surface area (Å²) in [7, 11) is 0. The number of aliphatic imine (C=N–C) groups is 1. The summed E-state index contributed by atoms with van der Waals surface area (Å²) in [5.74, 6) is 0.908. The number of nitrogens with zero attached hydrogens (tertiary/aromatic N) is 1. The maximum atomic E-state index is 12.5. The predicted molar refractivity (Wildman–Crippen MR) is 235 cm³/mol. The molecule has 3 aromatic carbocycles. The van der Waals surface area contributed by atoms with E-state index in [4.69, 9.17) is 33.2 Å². The van der Waals surface area contributed by atoms with Crippen LogP contribution in [0.4, 0.5) is 5.69 Å². The van der Waals surface area contributed by atoms with Crippen molar-refractivity contribution in [2.45, 2.75) is 59.3 Å². The SMILES string of the molecule is C=C/C=C(\C)OCCCCOC(=O)C=C.C=CC(=O)OCCCCOc1ccc(C=Nc2ccc(OC(=O)c3ccc(OCCCCOC(=O)C=C)cc3)cc2)cc1.CC. The van der Waals surface area contributed by atoms with Crippen LogP contribution in [-0.2, 0) is 33.3 Å². The highest BCUT2D eigenvalue weighted by Crippen LogP contribution is 2.21. The second-order valence-corrected chi connectivity index (χ2v) is 12.0. The second kappa shape index (κ2) is 33.3. The van der Waals surface area contributed by atoms with Crippen LogP contribution in [-0.4, -0.2) is 69.7 Å². The van der Waals surface area contributed by atoms with E-state index in [2.05, 4.69) is 31.3 Å². The van der Waals surface area contributed by atoms with Gasteiger partial charge in [0.05, 0.1) is 56.7 Å². The van der Waals surface area contributed by atoms with Gasteiger partial charge in [0, 0.05) is 24.4 Å². The average molecular weight is 826 g/mol. The molecule has 0 spiro atoms. The van der Waals surface area contributed by atoms with Crippen LogP contribution in [0.3, 0.4) is 0 Å². The molecule has 12 nitrogen and oxygen atoms in total. The van der Waals surface area contributed by atoms with Gasteiger partial charge < -0.3 is 33.2 Å². The Morgan fingerprint density at radius 3 is 1.37 bits per heavy atom. The monoisotopic (exact) mass is 825 g/mol. The highest BCUT2D eigenvalue weighted by Gasteiger charge is 2.09. The number of carbonyl (C=O) groups excluding carboxylic acids is 4. The Bertz CT molecular complexity index is 1800. The van der Waals surface area contributed by atoms with Gasteiger partial charge in [-0.05, 0) is 130 Å². The molecule has 0 amide bonds. The summed E-state index contributed by atoms with van der Waals surface area (Å²) < 4.78 is 36.8. The quantitative estimate of drug-likeness (QED) is 0.0111. The molecule has 3 rings (SSSR count). The van der Waals surface area contributed by atoms with Crippen molar-refractivity contribution >= 4 is 35.8 Å². The minimum absolute atomic E-state index is 0.318. The van der Waals surface area contributed by atoms with Gasteiger partial charge in [0.2, 0.25) is 0 Å². The van der Waals surface area contributed by atoms with Crippen molar-refractivity contribution in [1.82, 2.24) is 0 Å². The minimum atomic E-state index is -0.481. The Labute approximate surface area is 354 Å². The molecule has 0 aromatic heterocycles. The van der Waals surface area contributed by atoms with Crippen LogP contribution in [0.25, 0.3) is 0 Å². The van der Waals surface area contributed by atoms with Crippen molar-refractivity contribution in [2.24, 2.45) is 4.99 Å². The van der Waals surface area contributed by atoms with Crippen LogP contribution in [0.5, 0.6) is 17.2 Å². The summed E-state index contributed by atoms with van der Waals surface area (Å²) in [6, 6.07) is 21.1. The Hall–Kier alpha value is -6.69. The zero-order valence-electron chi connectivity index (χ0n) is 35.1. The lowest BCUT2D eigenvalue weighted by atomic mass is 10.2. The first-order valence-corrected chi connectivity index (χ1v) is 19.8. The van der Waals surface area contributed by atoms with E-state index in [1.807, 2.05) is 45.0 Å². The Balaban J connectivity index is 0.000000893. The third-order valence-corrected chi connectivity index (χ3v) is 7.45. The number of ether oxygens (including phenoxy) is 7. The van der Waals surface area contributed by atoms with Gasteiger partial charge in [0.1, 0.15) is 17.2 Å². The highest BCUT2D eigenvalue weighted by atomic mass is 16.5. The molecule has 0 aliphatic carbocycles. The first-order valence-electron chi connectivity index (χ1n) is 19.8. The van der Waals surface area contributed by atoms with Gasteiger partial charge in [-0.15, -0.1) is 0 Å². The topological polar surface area (TPSA) is 145 Å². The Morgan fingerprint density at radius 1 is 0.533 bits per heavy atom. The van der Waals surface area contributed by atoms with Crippen molar-refractivity contribution in [1.29, 1.82) is 0 Å². The smallest absolute Gasteiger partial charge is 0.343 e. The van der Waals surface area contributed by atoms with Crippen LogP contribution < -0.4 is 14.2 Å². The summed E-state index contributed by atoms with van der Waals surface area (Å²) >= 11 is 0. The van der Waals surface area contributed by atoms with E-state index in [0.29, 0.717) is 75.2 Å². The van der Waals surface area contributed by atoms with E-state index < -0.39 is 17.9 Å². The lowest BCUT2D eigenvalue weighted by Crippen LogP contribution is -2.08. The van der Waals surface area contributed by atoms with Crippen LogP contribution in [0.15, 0.2) is 140 Å². The van der Waals surface area contributed by atoms with Gasteiger partial charge in [0.15, 0.2) is 0 Å². The number of hydrogen-bond acceptors (Lipinski definition) is 12. The van der Waals surface area contributed by atoms with Crippen LogP contribution in [0, 0.1) is 0 Å².